The molecule has 3 nitrogen and oxygen atoms in total. The lowest BCUT2D eigenvalue weighted by Crippen LogP contribution is -2.59. The van der Waals surface area contributed by atoms with Crippen molar-refractivity contribution in [3.8, 4) is 0 Å². The summed E-state index contributed by atoms with van der Waals surface area (Å²) in [7, 11) is 1.80. The van der Waals surface area contributed by atoms with Gasteiger partial charge >= 0.3 is 0 Å². The van der Waals surface area contributed by atoms with Crippen LogP contribution in [0.1, 0.15) is 51.4 Å². The van der Waals surface area contributed by atoms with Crippen LogP contribution in [0, 0.1) is 17.8 Å². The number of methoxy groups -OCH3 is 1. The summed E-state index contributed by atoms with van der Waals surface area (Å²) in [6, 6.07) is 0. The summed E-state index contributed by atoms with van der Waals surface area (Å²) in [4.78, 5) is 0. The first kappa shape index (κ1) is 12.9. The van der Waals surface area contributed by atoms with E-state index >= 15 is 0 Å². The fourth-order valence-electron chi connectivity index (χ4n) is 5.04. The van der Waals surface area contributed by atoms with Crippen LogP contribution in [-0.2, 0) is 4.74 Å². The highest BCUT2D eigenvalue weighted by Crippen LogP contribution is 2.53. The van der Waals surface area contributed by atoms with Crippen molar-refractivity contribution in [1.29, 1.82) is 0 Å². The van der Waals surface area contributed by atoms with Gasteiger partial charge in [0.05, 0.1) is 17.8 Å². The molecular formula is C15H26O3. The smallest absolute Gasteiger partial charge is 0.0731 e. The van der Waals surface area contributed by atoms with E-state index < -0.39 is 5.60 Å². The molecule has 104 valence electrons. The maximum atomic E-state index is 11.1. The van der Waals surface area contributed by atoms with Crippen molar-refractivity contribution in [2.75, 3.05) is 7.11 Å². The molecule has 6 atom stereocenters. The number of hydrogen-bond acceptors (Lipinski definition) is 3. The van der Waals surface area contributed by atoms with E-state index in [-0.39, 0.29) is 12.0 Å². The largest absolute Gasteiger partial charge is 0.393 e. The maximum absolute atomic E-state index is 11.1. The zero-order valence-corrected chi connectivity index (χ0v) is 11.3. The van der Waals surface area contributed by atoms with E-state index in [1.165, 1.54) is 0 Å². The Kier molecular flexibility index (Phi) is 3.41. The number of rotatable bonds is 1. The Labute approximate surface area is 110 Å². The molecule has 0 unspecified atom stereocenters. The van der Waals surface area contributed by atoms with Crippen LogP contribution in [-0.4, -0.2) is 35.1 Å². The van der Waals surface area contributed by atoms with Gasteiger partial charge in [0.15, 0.2) is 0 Å². The van der Waals surface area contributed by atoms with Crippen molar-refractivity contribution in [2.24, 2.45) is 17.8 Å². The number of hydrogen-bond donors (Lipinski definition) is 2. The predicted octanol–water partition coefficient (Wildman–Crippen LogP) is 2.10. The molecule has 0 saturated heterocycles. The zero-order valence-electron chi connectivity index (χ0n) is 11.3. The third-order valence-electron chi connectivity index (χ3n) is 5.91. The van der Waals surface area contributed by atoms with Gasteiger partial charge in [0.25, 0.3) is 0 Å². The molecule has 3 rings (SSSR count). The first-order valence-electron chi connectivity index (χ1n) is 7.58. The highest BCUT2D eigenvalue weighted by Gasteiger charge is 2.55. The van der Waals surface area contributed by atoms with Crippen LogP contribution in [0.25, 0.3) is 0 Å². The molecule has 18 heavy (non-hydrogen) atoms. The molecule has 0 spiro atoms. The van der Waals surface area contributed by atoms with Gasteiger partial charge in [-0.15, -0.1) is 0 Å². The van der Waals surface area contributed by atoms with Crippen molar-refractivity contribution in [3.63, 3.8) is 0 Å². The van der Waals surface area contributed by atoms with E-state index in [4.69, 9.17) is 4.74 Å². The lowest BCUT2D eigenvalue weighted by Gasteiger charge is -2.56. The fraction of sp³-hybridized carbons (Fsp3) is 1.00. The Balaban J connectivity index is 1.92. The minimum Gasteiger partial charge on any atom is -0.393 e. The topological polar surface area (TPSA) is 49.7 Å². The molecule has 0 aromatic carbocycles. The van der Waals surface area contributed by atoms with Gasteiger partial charge in [-0.3, -0.25) is 0 Å². The quantitative estimate of drug-likeness (QED) is 0.753. The van der Waals surface area contributed by atoms with Gasteiger partial charge in [-0.2, -0.15) is 0 Å². The van der Waals surface area contributed by atoms with Crippen LogP contribution in [0.4, 0.5) is 0 Å². The van der Waals surface area contributed by atoms with Crippen LogP contribution in [0.3, 0.4) is 0 Å². The molecule has 0 amide bonds. The van der Waals surface area contributed by atoms with Crippen molar-refractivity contribution in [1.82, 2.24) is 0 Å². The van der Waals surface area contributed by atoms with Crippen LogP contribution >= 0.6 is 0 Å². The van der Waals surface area contributed by atoms with Crippen molar-refractivity contribution < 1.29 is 14.9 Å². The van der Waals surface area contributed by atoms with E-state index in [9.17, 15) is 10.2 Å². The lowest BCUT2D eigenvalue weighted by atomic mass is 9.54. The summed E-state index contributed by atoms with van der Waals surface area (Å²) < 4.78 is 5.59. The second kappa shape index (κ2) is 4.77. The fourth-order valence-corrected chi connectivity index (χ4v) is 5.04. The van der Waals surface area contributed by atoms with E-state index in [1.54, 1.807) is 7.11 Å². The van der Waals surface area contributed by atoms with Crippen molar-refractivity contribution >= 4 is 0 Å². The summed E-state index contributed by atoms with van der Waals surface area (Å²) >= 11 is 0. The van der Waals surface area contributed by atoms with E-state index in [0.717, 1.165) is 51.4 Å². The third-order valence-corrected chi connectivity index (χ3v) is 5.91. The van der Waals surface area contributed by atoms with Gasteiger partial charge in [-0.25, -0.2) is 0 Å². The average Bonchev–Trinajstić information content (AvgIpc) is 2.35. The Morgan fingerprint density at radius 3 is 2.67 bits per heavy atom. The summed E-state index contributed by atoms with van der Waals surface area (Å²) in [6.07, 6.45) is 8.20. The second-order valence-corrected chi connectivity index (χ2v) is 6.68. The lowest BCUT2D eigenvalue weighted by molar-refractivity contribution is -0.194. The Hall–Kier alpha value is -0.120. The van der Waals surface area contributed by atoms with Crippen molar-refractivity contribution in [3.05, 3.63) is 0 Å². The molecule has 2 N–H and O–H groups in total. The molecule has 3 heteroatoms. The van der Waals surface area contributed by atoms with Gasteiger partial charge in [-0.05, 0) is 56.8 Å². The molecule has 3 aliphatic rings. The SMILES string of the molecule is CO[C@H]1CC[C@@H]2CC[C@H](O)[C@@H]3[C@@H](CCC[C@]23O)C1. The highest BCUT2D eigenvalue weighted by atomic mass is 16.5. The summed E-state index contributed by atoms with van der Waals surface area (Å²) in [5.41, 5.74) is -0.584. The molecule has 3 aliphatic carbocycles. The summed E-state index contributed by atoms with van der Waals surface area (Å²) in [6.45, 7) is 0. The molecule has 0 heterocycles. The average molecular weight is 254 g/mol. The Morgan fingerprint density at radius 2 is 1.89 bits per heavy atom. The molecular weight excluding hydrogens is 228 g/mol. The molecule has 4 bridgehead atoms. The maximum Gasteiger partial charge on any atom is 0.0731 e. The minimum absolute atomic E-state index is 0.1000. The van der Waals surface area contributed by atoms with E-state index in [0.29, 0.717) is 17.9 Å². The van der Waals surface area contributed by atoms with E-state index in [1.807, 2.05) is 0 Å². The first-order valence-corrected chi connectivity index (χ1v) is 7.58. The predicted molar refractivity (Wildman–Crippen MR) is 69.2 cm³/mol. The molecule has 0 radical (unpaired) electrons. The molecule has 3 saturated carbocycles. The van der Waals surface area contributed by atoms with Crippen LogP contribution in [0.2, 0.25) is 0 Å². The van der Waals surface area contributed by atoms with Gasteiger partial charge in [0.1, 0.15) is 0 Å². The van der Waals surface area contributed by atoms with Gasteiger partial charge < -0.3 is 14.9 Å². The minimum atomic E-state index is -0.584. The van der Waals surface area contributed by atoms with Crippen molar-refractivity contribution in [2.45, 2.75) is 69.2 Å². The second-order valence-electron chi connectivity index (χ2n) is 6.68. The van der Waals surface area contributed by atoms with Crippen LogP contribution in [0.5, 0.6) is 0 Å². The van der Waals surface area contributed by atoms with Crippen LogP contribution < -0.4 is 0 Å². The van der Waals surface area contributed by atoms with Gasteiger partial charge in [0, 0.05) is 13.0 Å². The monoisotopic (exact) mass is 254 g/mol. The molecule has 3 fully saturated rings. The molecule has 0 aromatic rings. The molecule has 0 aromatic heterocycles. The Bertz CT molecular complexity index is 306. The molecule has 0 aliphatic heterocycles. The first-order chi connectivity index (χ1) is 8.65. The summed E-state index contributed by atoms with van der Waals surface area (Å²) in [5.74, 6) is 0.932. The van der Waals surface area contributed by atoms with Crippen LogP contribution in [0.15, 0.2) is 0 Å². The normalized spacial score (nSPS) is 52.5. The van der Waals surface area contributed by atoms with Gasteiger partial charge in [-0.1, -0.05) is 6.42 Å². The van der Waals surface area contributed by atoms with E-state index in [2.05, 4.69) is 0 Å². The van der Waals surface area contributed by atoms with Gasteiger partial charge in [0.2, 0.25) is 0 Å². The summed E-state index contributed by atoms with van der Waals surface area (Å²) in [5, 5.41) is 21.5. The third kappa shape index (κ3) is 1.91. The number of aliphatic hydroxyl groups excluding tert-OH is 1. The zero-order chi connectivity index (χ0) is 12.8. The standard InChI is InChI=1S/C15H26O3/c1-18-12-6-4-11-5-7-13(16)14-10(9-12)3-2-8-15(11,14)17/h10-14,16-17H,2-9H2,1H3/t10-,11+,12-,13-,14-,15-/m0/s1. The number of ether oxygens (including phenoxy) is 1. The number of aliphatic hydroxyl groups is 2. The Morgan fingerprint density at radius 1 is 1.11 bits per heavy atom. The highest BCUT2D eigenvalue weighted by molar-refractivity contribution is 5.06.